The molecule has 8 heteroatoms. The van der Waals surface area contributed by atoms with Gasteiger partial charge < -0.3 is 9.73 Å². The van der Waals surface area contributed by atoms with Crippen molar-refractivity contribution in [2.45, 2.75) is 19.9 Å². The fourth-order valence-corrected chi connectivity index (χ4v) is 2.77. The lowest BCUT2D eigenvalue weighted by atomic mass is 10.1. The maximum atomic E-state index is 13.9. The Labute approximate surface area is 167 Å². The topological polar surface area (TPSA) is 44.4 Å². The van der Waals surface area contributed by atoms with Crippen LogP contribution < -0.4 is 15.2 Å². The molecule has 0 saturated carbocycles. The summed E-state index contributed by atoms with van der Waals surface area (Å²) in [6.45, 7) is 5.50. The Morgan fingerprint density at radius 2 is 2.00 bits per heavy atom. The lowest BCUT2D eigenvalue weighted by molar-refractivity contribution is 0.112. The molecule has 28 heavy (non-hydrogen) atoms. The first-order chi connectivity index (χ1) is 13.3. The monoisotopic (exact) mass is 411 g/mol. The highest BCUT2D eigenvalue weighted by Crippen LogP contribution is 2.25. The molecule has 0 spiro atoms. The summed E-state index contributed by atoms with van der Waals surface area (Å²) in [5, 5.41) is 0. The number of anilines is 1. The van der Waals surface area contributed by atoms with Crippen LogP contribution in [0.3, 0.4) is 0 Å². The van der Waals surface area contributed by atoms with Crippen LogP contribution in [-0.2, 0) is 6.54 Å². The maximum absolute atomic E-state index is 13.9. The fraction of sp³-hybridized carbons (Fsp3) is 0.250. The number of carbonyl (C=O) groups is 1. The Balaban J connectivity index is 0.000000416. The fourth-order valence-electron chi connectivity index (χ4n) is 2.18. The van der Waals surface area contributed by atoms with Crippen LogP contribution in [0, 0.1) is 12.7 Å². The lowest BCUT2D eigenvalue weighted by Crippen LogP contribution is -2.29. The minimum atomic E-state index is -2.50. The average Bonchev–Trinajstić information content (AvgIpc) is 2.67. The number of hydrazine groups is 1. The second-order valence-corrected chi connectivity index (χ2v) is 6.53. The van der Waals surface area contributed by atoms with Gasteiger partial charge in [0.15, 0.2) is 0 Å². The van der Waals surface area contributed by atoms with Crippen molar-refractivity contribution in [1.29, 1.82) is 0 Å². The summed E-state index contributed by atoms with van der Waals surface area (Å²) >= 11 is 1.54. The minimum absolute atomic E-state index is 0.312. The van der Waals surface area contributed by atoms with E-state index in [1.54, 1.807) is 24.1 Å². The van der Waals surface area contributed by atoms with Crippen LogP contribution in [0.25, 0.3) is 0 Å². The molecule has 2 rings (SSSR count). The van der Waals surface area contributed by atoms with E-state index in [1.165, 1.54) is 18.7 Å². The highest BCUT2D eigenvalue weighted by molar-refractivity contribution is 7.99. The van der Waals surface area contributed by atoms with E-state index in [-0.39, 0.29) is 11.5 Å². The van der Waals surface area contributed by atoms with Crippen molar-refractivity contribution in [1.82, 2.24) is 10.9 Å². The summed E-state index contributed by atoms with van der Waals surface area (Å²) < 4.78 is 38.8. The van der Waals surface area contributed by atoms with Gasteiger partial charge in [-0.05, 0) is 30.7 Å². The number of benzene rings is 2. The van der Waals surface area contributed by atoms with E-state index in [1.807, 2.05) is 35.7 Å². The summed E-state index contributed by atoms with van der Waals surface area (Å²) in [6, 6.07) is 12.7. The van der Waals surface area contributed by atoms with Gasteiger partial charge in [0.25, 0.3) is 6.43 Å². The van der Waals surface area contributed by atoms with Gasteiger partial charge in [-0.3, -0.25) is 4.79 Å². The Morgan fingerprint density at radius 3 is 2.46 bits per heavy atom. The van der Waals surface area contributed by atoms with Crippen molar-refractivity contribution >= 4 is 23.9 Å². The van der Waals surface area contributed by atoms with Crippen LogP contribution in [0.5, 0.6) is 0 Å². The lowest BCUT2D eigenvalue weighted by Gasteiger charge is -2.22. The molecular formula is C20H24F3N3OS. The second-order valence-electron chi connectivity index (χ2n) is 5.73. The molecule has 0 radical (unpaired) electrons. The van der Waals surface area contributed by atoms with Crippen molar-refractivity contribution < 1.29 is 18.0 Å². The third-order valence-corrected chi connectivity index (χ3v) is 4.37. The molecule has 0 aromatic heterocycles. The highest BCUT2D eigenvalue weighted by atomic mass is 32.2. The van der Waals surface area contributed by atoms with Crippen molar-refractivity contribution in [2.24, 2.45) is 0 Å². The number of alkyl halides is 2. The van der Waals surface area contributed by atoms with E-state index in [2.05, 4.69) is 23.5 Å². The standard InChI is InChI=1S/C16H16FNOS.C4H8F2N2/c1-12-4-3-5-15(8-12)18(20-2)10-14-7-6-13(11-19)9-16(14)17;1-3(4(5)6)8-7-2/h3-9,11H,10H2,1-2H3;4,7-8H,1H2,2H3. The van der Waals surface area contributed by atoms with Crippen LogP contribution in [0.4, 0.5) is 18.9 Å². The molecule has 0 fully saturated rings. The number of hydrogen-bond acceptors (Lipinski definition) is 5. The van der Waals surface area contributed by atoms with Gasteiger partial charge in [0, 0.05) is 30.1 Å². The van der Waals surface area contributed by atoms with Crippen molar-refractivity contribution in [2.75, 3.05) is 17.6 Å². The highest BCUT2D eigenvalue weighted by Gasteiger charge is 2.10. The van der Waals surface area contributed by atoms with Crippen LogP contribution in [0.2, 0.25) is 0 Å². The Morgan fingerprint density at radius 1 is 1.29 bits per heavy atom. The minimum Gasteiger partial charge on any atom is -0.321 e. The molecular weight excluding hydrogens is 387 g/mol. The van der Waals surface area contributed by atoms with Gasteiger partial charge in [0.2, 0.25) is 0 Å². The third kappa shape index (κ3) is 7.66. The summed E-state index contributed by atoms with van der Waals surface area (Å²) in [6.07, 6.45) is 0.113. The first-order valence-electron chi connectivity index (χ1n) is 8.34. The number of carbonyl (C=O) groups excluding carboxylic acids is 1. The number of hydrogen-bond donors (Lipinski definition) is 2. The van der Waals surface area contributed by atoms with Gasteiger partial charge in [0.1, 0.15) is 12.1 Å². The van der Waals surface area contributed by atoms with Gasteiger partial charge in [-0.25, -0.2) is 18.6 Å². The molecule has 0 heterocycles. The zero-order chi connectivity index (χ0) is 21.1. The van der Waals surface area contributed by atoms with E-state index in [0.717, 1.165) is 5.69 Å². The Hall–Kier alpha value is -2.45. The summed E-state index contributed by atoms with van der Waals surface area (Å²) in [5.41, 5.74) is 7.29. The SMILES string of the molecule is C=C(NNC)C(F)F.CSN(Cc1ccc(C=O)cc1F)c1cccc(C)c1. The van der Waals surface area contributed by atoms with Gasteiger partial charge >= 0.3 is 0 Å². The molecule has 0 amide bonds. The number of halogens is 3. The third-order valence-electron chi connectivity index (χ3n) is 3.59. The van der Waals surface area contributed by atoms with Crippen LogP contribution >= 0.6 is 11.9 Å². The van der Waals surface area contributed by atoms with Gasteiger partial charge in [0.05, 0.1) is 12.2 Å². The Bertz CT molecular complexity index is 787. The number of nitrogens with zero attached hydrogens (tertiary/aromatic N) is 1. The van der Waals surface area contributed by atoms with E-state index >= 15 is 0 Å². The molecule has 2 aromatic carbocycles. The van der Waals surface area contributed by atoms with Gasteiger partial charge in [-0.15, -0.1) is 0 Å². The molecule has 2 aromatic rings. The normalized spacial score (nSPS) is 10.1. The second kappa shape index (κ2) is 12.1. The summed E-state index contributed by atoms with van der Waals surface area (Å²) in [4.78, 5) is 10.6. The molecule has 2 N–H and O–H groups in total. The van der Waals surface area contributed by atoms with E-state index in [4.69, 9.17) is 0 Å². The molecule has 0 unspecified atom stereocenters. The first kappa shape index (κ1) is 23.6. The van der Waals surface area contributed by atoms with Gasteiger partial charge in [-0.2, -0.15) is 0 Å². The van der Waals surface area contributed by atoms with Crippen LogP contribution in [0.15, 0.2) is 54.7 Å². The smallest absolute Gasteiger partial charge is 0.278 e. The van der Waals surface area contributed by atoms with Crippen LogP contribution in [-0.4, -0.2) is 26.0 Å². The van der Waals surface area contributed by atoms with Crippen molar-refractivity contribution in [3.63, 3.8) is 0 Å². The molecule has 0 atom stereocenters. The largest absolute Gasteiger partial charge is 0.321 e. The molecule has 0 aliphatic rings. The molecule has 0 saturated heterocycles. The number of rotatable bonds is 8. The van der Waals surface area contributed by atoms with Crippen molar-refractivity contribution in [3.8, 4) is 0 Å². The predicted octanol–water partition coefficient (Wildman–Crippen LogP) is 4.72. The maximum Gasteiger partial charge on any atom is 0.278 e. The molecule has 0 aliphatic carbocycles. The Kier molecular flexibility index (Phi) is 10.2. The quantitative estimate of drug-likeness (QED) is 0.374. The summed E-state index contributed by atoms with van der Waals surface area (Å²) in [7, 11) is 1.49. The number of nitrogens with one attached hydrogen (secondary N) is 2. The van der Waals surface area contributed by atoms with E-state index in [9.17, 15) is 18.0 Å². The molecule has 152 valence electrons. The number of aryl methyl sites for hydroxylation is 1. The van der Waals surface area contributed by atoms with Crippen molar-refractivity contribution in [3.05, 3.63) is 77.2 Å². The number of allylic oxidation sites excluding steroid dienone is 1. The molecule has 0 aliphatic heterocycles. The number of aldehydes is 1. The average molecular weight is 411 g/mol. The molecule has 0 bridgehead atoms. The summed E-state index contributed by atoms with van der Waals surface area (Å²) in [5.74, 6) is -0.346. The zero-order valence-electron chi connectivity index (χ0n) is 16.0. The predicted molar refractivity (Wildman–Crippen MR) is 110 cm³/mol. The van der Waals surface area contributed by atoms with E-state index < -0.39 is 6.43 Å². The van der Waals surface area contributed by atoms with E-state index in [0.29, 0.717) is 24.0 Å². The zero-order valence-corrected chi connectivity index (χ0v) is 16.8. The van der Waals surface area contributed by atoms with Crippen LogP contribution in [0.1, 0.15) is 21.5 Å². The molecule has 4 nitrogen and oxygen atoms in total. The van der Waals surface area contributed by atoms with Gasteiger partial charge in [-0.1, -0.05) is 42.8 Å². The first-order valence-corrected chi connectivity index (χ1v) is 9.52.